The quantitative estimate of drug-likeness (QED) is 0.255. The van der Waals surface area contributed by atoms with E-state index in [1.54, 1.807) is 0 Å². The van der Waals surface area contributed by atoms with E-state index in [0.29, 0.717) is 5.92 Å². The van der Waals surface area contributed by atoms with Gasteiger partial charge in [0.05, 0.1) is 0 Å². The Balaban J connectivity index is 0. The van der Waals surface area contributed by atoms with E-state index in [-0.39, 0.29) is 16.5 Å². The number of hydrogen-bond donors (Lipinski definition) is 1. The van der Waals surface area contributed by atoms with E-state index in [0.717, 1.165) is 0 Å². The van der Waals surface area contributed by atoms with Gasteiger partial charge in [-0.3, -0.25) is 0 Å². The molecule has 46 valence electrons. The van der Waals surface area contributed by atoms with Gasteiger partial charge in [0.25, 0.3) is 0 Å². The van der Waals surface area contributed by atoms with Gasteiger partial charge < -0.3 is 5.21 Å². The molecule has 0 saturated carbocycles. The molecule has 0 aliphatic carbocycles. The van der Waals surface area contributed by atoms with Crippen LogP contribution in [-0.2, 0) is 16.5 Å². The first kappa shape index (κ1) is 10.1. The van der Waals surface area contributed by atoms with Crippen LogP contribution in [0.3, 0.4) is 0 Å². The van der Waals surface area contributed by atoms with Crippen LogP contribution in [0, 0.1) is 5.92 Å². The molecule has 0 atom stereocenters. The number of oxime groups is 1. The number of hydrogen-bond acceptors (Lipinski definition) is 2. The summed E-state index contributed by atoms with van der Waals surface area (Å²) in [6.07, 6.45) is 1.47. The van der Waals surface area contributed by atoms with Crippen LogP contribution in [0.5, 0.6) is 0 Å². The summed E-state index contributed by atoms with van der Waals surface area (Å²) in [4.78, 5) is 0. The molecule has 0 radical (unpaired) electrons. The summed E-state index contributed by atoms with van der Waals surface area (Å²) in [7, 11) is 0. The van der Waals surface area contributed by atoms with Crippen molar-refractivity contribution >= 4 is 6.21 Å². The van der Waals surface area contributed by atoms with Crippen molar-refractivity contribution in [1.82, 2.24) is 0 Å². The molecule has 0 aliphatic rings. The summed E-state index contributed by atoms with van der Waals surface area (Å²) in [6, 6.07) is 0. The molecule has 7 heavy (non-hydrogen) atoms. The second-order valence-electron chi connectivity index (χ2n) is 1.51. The van der Waals surface area contributed by atoms with Crippen molar-refractivity contribution in [1.29, 1.82) is 0 Å². The second-order valence-corrected chi connectivity index (χ2v) is 1.51. The monoisotopic (exact) mass is 145 g/mol. The molecule has 0 aromatic heterocycles. The average Bonchev–Trinajstić information content (AvgIpc) is 1.35. The Morgan fingerprint density at radius 1 is 1.57 bits per heavy atom. The fraction of sp³-hybridized carbons (Fsp3) is 0.750. The molecule has 0 aliphatic heterocycles. The van der Waals surface area contributed by atoms with Crippen molar-refractivity contribution in [2.45, 2.75) is 13.8 Å². The zero-order valence-electron chi connectivity index (χ0n) is 4.37. The molecule has 0 aromatic carbocycles. The van der Waals surface area contributed by atoms with Gasteiger partial charge in [0, 0.05) is 22.7 Å². The zero-order chi connectivity index (χ0) is 4.99. The van der Waals surface area contributed by atoms with Crippen molar-refractivity contribution in [2.75, 3.05) is 0 Å². The zero-order valence-corrected chi connectivity index (χ0v) is 5.35. The van der Waals surface area contributed by atoms with Gasteiger partial charge in [0.15, 0.2) is 0 Å². The molecule has 0 bridgehead atoms. The fourth-order valence-corrected chi connectivity index (χ4v) is 0.133. The van der Waals surface area contributed by atoms with Crippen LogP contribution >= 0.6 is 0 Å². The van der Waals surface area contributed by atoms with Gasteiger partial charge in [0.1, 0.15) is 0 Å². The Hall–Kier alpha value is -0.0365. The third-order valence-corrected chi connectivity index (χ3v) is 0.365. The molecule has 0 aromatic rings. The molecular weight excluding hydrogens is 137 g/mol. The van der Waals surface area contributed by atoms with Crippen molar-refractivity contribution in [3.8, 4) is 0 Å². The van der Waals surface area contributed by atoms with Crippen molar-refractivity contribution in [3.63, 3.8) is 0 Å². The maximum absolute atomic E-state index is 7.81. The molecule has 0 unspecified atom stereocenters. The topological polar surface area (TPSA) is 32.6 Å². The standard InChI is InChI=1S/C4H9NO.Ni/c1-4(2)3-5-6;/h3-4,6H,1-2H3;. The Morgan fingerprint density at radius 3 is 2.00 bits per heavy atom. The van der Waals surface area contributed by atoms with Crippen molar-refractivity contribution < 1.29 is 21.7 Å². The first-order chi connectivity index (χ1) is 2.77. The summed E-state index contributed by atoms with van der Waals surface area (Å²) >= 11 is 0. The van der Waals surface area contributed by atoms with Gasteiger partial charge in [0.2, 0.25) is 0 Å². The normalized spacial score (nSPS) is 9.57. The van der Waals surface area contributed by atoms with E-state index >= 15 is 0 Å². The molecule has 0 amide bonds. The maximum atomic E-state index is 7.81. The molecule has 0 fully saturated rings. The molecule has 0 saturated heterocycles. The van der Waals surface area contributed by atoms with Gasteiger partial charge in [-0.25, -0.2) is 0 Å². The molecule has 1 N–H and O–H groups in total. The first-order valence-corrected chi connectivity index (χ1v) is 1.95. The minimum Gasteiger partial charge on any atom is -0.411 e. The van der Waals surface area contributed by atoms with Crippen LogP contribution in [0.25, 0.3) is 0 Å². The van der Waals surface area contributed by atoms with Crippen LogP contribution < -0.4 is 0 Å². The predicted molar refractivity (Wildman–Crippen MR) is 25.1 cm³/mol. The molecule has 3 heteroatoms. The summed E-state index contributed by atoms with van der Waals surface area (Å²) in [5.74, 6) is 0.356. The van der Waals surface area contributed by atoms with Crippen LogP contribution in [0.4, 0.5) is 0 Å². The molecule has 0 heterocycles. The van der Waals surface area contributed by atoms with Crippen LogP contribution in [0.15, 0.2) is 5.16 Å². The number of nitrogens with zero attached hydrogens (tertiary/aromatic N) is 1. The Morgan fingerprint density at radius 2 is 2.00 bits per heavy atom. The third-order valence-electron chi connectivity index (χ3n) is 0.365. The largest absolute Gasteiger partial charge is 0.411 e. The van der Waals surface area contributed by atoms with E-state index in [4.69, 9.17) is 5.21 Å². The van der Waals surface area contributed by atoms with Gasteiger partial charge in [-0.1, -0.05) is 13.8 Å². The predicted octanol–water partition coefficient (Wildman–Crippen LogP) is 1.10. The van der Waals surface area contributed by atoms with Crippen LogP contribution in [0.1, 0.15) is 13.8 Å². The summed E-state index contributed by atoms with van der Waals surface area (Å²) in [5, 5.41) is 10.6. The summed E-state index contributed by atoms with van der Waals surface area (Å²) in [6.45, 7) is 3.89. The average molecular weight is 146 g/mol. The van der Waals surface area contributed by atoms with Crippen molar-refractivity contribution in [2.24, 2.45) is 11.1 Å². The van der Waals surface area contributed by atoms with E-state index in [9.17, 15) is 0 Å². The Labute approximate surface area is 53.5 Å². The first-order valence-electron chi connectivity index (χ1n) is 1.95. The van der Waals surface area contributed by atoms with E-state index in [2.05, 4.69) is 5.16 Å². The molecular formula is C4H9NNiO. The summed E-state index contributed by atoms with van der Waals surface area (Å²) < 4.78 is 0. The third kappa shape index (κ3) is 10.7. The van der Waals surface area contributed by atoms with Gasteiger partial charge in [-0.05, 0) is 5.92 Å². The smallest absolute Gasteiger partial charge is 0.0461 e. The van der Waals surface area contributed by atoms with E-state index < -0.39 is 0 Å². The number of rotatable bonds is 1. The van der Waals surface area contributed by atoms with E-state index in [1.807, 2.05) is 13.8 Å². The maximum Gasteiger partial charge on any atom is 0.0461 e. The molecule has 2 nitrogen and oxygen atoms in total. The van der Waals surface area contributed by atoms with Crippen LogP contribution in [0.2, 0.25) is 0 Å². The molecule has 0 spiro atoms. The van der Waals surface area contributed by atoms with Crippen molar-refractivity contribution in [3.05, 3.63) is 0 Å². The van der Waals surface area contributed by atoms with Gasteiger partial charge >= 0.3 is 0 Å². The van der Waals surface area contributed by atoms with E-state index in [1.165, 1.54) is 6.21 Å². The minimum absolute atomic E-state index is 0. The minimum atomic E-state index is 0. The second kappa shape index (κ2) is 5.96. The van der Waals surface area contributed by atoms with Gasteiger partial charge in [-0.2, -0.15) is 0 Å². The Bertz CT molecular complexity index is 53.7. The fourth-order valence-electron chi connectivity index (χ4n) is 0.133. The summed E-state index contributed by atoms with van der Waals surface area (Å²) in [5.41, 5.74) is 0. The SMILES string of the molecule is CC(C)C=NO.[Ni]. The Kier molecular flexibility index (Phi) is 8.56. The van der Waals surface area contributed by atoms with Crippen LogP contribution in [-0.4, -0.2) is 11.4 Å². The van der Waals surface area contributed by atoms with Gasteiger partial charge in [-0.15, -0.1) is 5.16 Å². The molecule has 0 rings (SSSR count).